The molecule has 0 spiro atoms. The van der Waals surface area contributed by atoms with Gasteiger partial charge in [0.1, 0.15) is 11.8 Å². The number of methoxy groups -OCH3 is 1. The molecule has 1 atom stereocenters. The molecular formula is C27H33N3O4. The molecule has 7 nitrogen and oxygen atoms in total. The fourth-order valence-electron chi connectivity index (χ4n) is 4.90. The van der Waals surface area contributed by atoms with Crippen LogP contribution in [0.3, 0.4) is 0 Å². The summed E-state index contributed by atoms with van der Waals surface area (Å²) in [6.07, 6.45) is 3.32. The first-order chi connectivity index (χ1) is 16.5. The summed E-state index contributed by atoms with van der Waals surface area (Å²) in [6.45, 7) is 4.57. The predicted octanol–water partition coefficient (Wildman–Crippen LogP) is 3.28. The van der Waals surface area contributed by atoms with E-state index in [-0.39, 0.29) is 23.6 Å². The second-order valence-corrected chi connectivity index (χ2v) is 9.21. The zero-order valence-electron chi connectivity index (χ0n) is 20.0. The van der Waals surface area contributed by atoms with Crippen molar-refractivity contribution in [1.29, 1.82) is 0 Å². The van der Waals surface area contributed by atoms with Crippen LogP contribution in [0.5, 0.6) is 5.75 Å². The first-order valence-corrected chi connectivity index (χ1v) is 12.1. The molecular weight excluding hydrogens is 430 g/mol. The highest BCUT2D eigenvalue weighted by Gasteiger charge is 2.37. The van der Waals surface area contributed by atoms with E-state index in [0.717, 1.165) is 31.5 Å². The molecule has 0 aromatic heterocycles. The van der Waals surface area contributed by atoms with E-state index in [1.54, 1.807) is 31.4 Å². The summed E-state index contributed by atoms with van der Waals surface area (Å²) in [7, 11) is 1.56. The molecule has 34 heavy (non-hydrogen) atoms. The molecule has 2 aromatic carbocycles. The molecule has 1 N–H and O–H groups in total. The SMILES string of the molecule is COc1cccc(C(=O)N[C@@H](C(=O)N2CCCC2)C2CCN(C(=O)c3cccc(C)c3)CC2)c1. The smallest absolute Gasteiger partial charge is 0.253 e. The van der Waals surface area contributed by atoms with Crippen molar-refractivity contribution in [2.24, 2.45) is 5.92 Å². The predicted molar refractivity (Wildman–Crippen MR) is 130 cm³/mol. The molecule has 7 heteroatoms. The van der Waals surface area contributed by atoms with Gasteiger partial charge >= 0.3 is 0 Å². The molecule has 0 radical (unpaired) electrons. The maximum atomic E-state index is 13.4. The van der Waals surface area contributed by atoms with E-state index in [0.29, 0.717) is 42.8 Å². The van der Waals surface area contributed by atoms with Crippen LogP contribution in [0.4, 0.5) is 0 Å². The van der Waals surface area contributed by atoms with Gasteiger partial charge in [0, 0.05) is 37.3 Å². The number of rotatable bonds is 6. The third-order valence-corrected chi connectivity index (χ3v) is 6.87. The van der Waals surface area contributed by atoms with E-state index in [9.17, 15) is 14.4 Å². The fourth-order valence-corrected chi connectivity index (χ4v) is 4.90. The van der Waals surface area contributed by atoms with Crippen LogP contribution >= 0.6 is 0 Å². The van der Waals surface area contributed by atoms with Crippen LogP contribution in [-0.2, 0) is 4.79 Å². The standard InChI is InChI=1S/C27H33N3O4/c1-19-7-5-9-22(17-19)26(32)30-15-11-20(12-16-30)24(27(33)29-13-3-4-14-29)28-25(31)21-8-6-10-23(18-21)34-2/h5-10,17-18,20,24H,3-4,11-16H2,1-2H3,(H,28,31)/t24-/m1/s1. The number of aryl methyl sites for hydroxylation is 1. The Kier molecular flexibility index (Phi) is 7.50. The molecule has 2 aromatic rings. The van der Waals surface area contributed by atoms with Crippen LogP contribution < -0.4 is 10.1 Å². The maximum Gasteiger partial charge on any atom is 0.253 e. The summed E-state index contributed by atoms with van der Waals surface area (Å²) >= 11 is 0. The van der Waals surface area contributed by atoms with Crippen molar-refractivity contribution < 1.29 is 19.1 Å². The van der Waals surface area contributed by atoms with Gasteiger partial charge in [0.15, 0.2) is 0 Å². The number of likely N-dealkylation sites (tertiary alicyclic amines) is 2. The molecule has 2 aliphatic rings. The summed E-state index contributed by atoms with van der Waals surface area (Å²) in [5.74, 6) is 0.291. The van der Waals surface area contributed by atoms with Crippen LogP contribution in [0, 0.1) is 12.8 Å². The van der Waals surface area contributed by atoms with Crippen molar-refractivity contribution in [3.05, 3.63) is 65.2 Å². The van der Waals surface area contributed by atoms with Gasteiger partial charge in [-0.3, -0.25) is 14.4 Å². The second kappa shape index (κ2) is 10.7. The minimum absolute atomic E-state index is 0.0165. The Morgan fingerprint density at radius 1 is 0.912 bits per heavy atom. The Balaban J connectivity index is 1.46. The van der Waals surface area contributed by atoms with Gasteiger partial charge in [0.05, 0.1) is 7.11 Å². The number of piperidine rings is 1. The largest absolute Gasteiger partial charge is 0.497 e. The molecule has 0 saturated carbocycles. The van der Waals surface area contributed by atoms with Gasteiger partial charge in [-0.05, 0) is 68.9 Å². The van der Waals surface area contributed by atoms with E-state index < -0.39 is 6.04 Å². The molecule has 2 fully saturated rings. The highest BCUT2D eigenvalue weighted by molar-refractivity contribution is 5.98. The van der Waals surface area contributed by atoms with Crippen molar-refractivity contribution in [2.75, 3.05) is 33.3 Å². The fraction of sp³-hybridized carbons (Fsp3) is 0.444. The molecule has 2 heterocycles. The average Bonchev–Trinajstić information content (AvgIpc) is 3.42. The van der Waals surface area contributed by atoms with Gasteiger partial charge in [0.2, 0.25) is 5.91 Å². The Morgan fingerprint density at radius 2 is 1.59 bits per heavy atom. The summed E-state index contributed by atoms with van der Waals surface area (Å²) in [6, 6.07) is 14.0. The molecule has 180 valence electrons. The lowest BCUT2D eigenvalue weighted by molar-refractivity contribution is -0.134. The molecule has 2 aliphatic heterocycles. The van der Waals surface area contributed by atoms with Crippen LogP contribution in [0.15, 0.2) is 48.5 Å². The lowest BCUT2D eigenvalue weighted by Crippen LogP contribution is -2.54. The molecule has 0 aliphatic carbocycles. The molecule has 2 saturated heterocycles. The zero-order valence-corrected chi connectivity index (χ0v) is 20.0. The first kappa shape index (κ1) is 23.8. The Hall–Kier alpha value is -3.35. The number of hydrogen-bond donors (Lipinski definition) is 1. The summed E-state index contributed by atoms with van der Waals surface area (Å²) in [5.41, 5.74) is 2.21. The van der Waals surface area contributed by atoms with E-state index in [1.165, 1.54) is 0 Å². The van der Waals surface area contributed by atoms with Crippen LogP contribution in [0.1, 0.15) is 52.0 Å². The topological polar surface area (TPSA) is 79.0 Å². The third-order valence-electron chi connectivity index (χ3n) is 6.87. The van der Waals surface area contributed by atoms with Gasteiger partial charge in [0.25, 0.3) is 11.8 Å². The zero-order chi connectivity index (χ0) is 24.1. The Morgan fingerprint density at radius 3 is 2.26 bits per heavy atom. The number of nitrogens with zero attached hydrogens (tertiary/aromatic N) is 2. The van der Waals surface area contributed by atoms with E-state index in [2.05, 4.69) is 5.32 Å². The van der Waals surface area contributed by atoms with Gasteiger partial charge in [-0.2, -0.15) is 0 Å². The number of carbonyl (C=O) groups is 3. The van der Waals surface area contributed by atoms with Crippen molar-refractivity contribution in [2.45, 2.75) is 38.6 Å². The summed E-state index contributed by atoms with van der Waals surface area (Å²) in [5, 5.41) is 3.03. The van der Waals surface area contributed by atoms with Crippen molar-refractivity contribution in [3.63, 3.8) is 0 Å². The van der Waals surface area contributed by atoms with E-state index in [4.69, 9.17) is 4.74 Å². The molecule has 0 unspecified atom stereocenters. The quantitative estimate of drug-likeness (QED) is 0.713. The number of ether oxygens (including phenoxy) is 1. The van der Waals surface area contributed by atoms with Gasteiger partial charge in [-0.15, -0.1) is 0 Å². The maximum absolute atomic E-state index is 13.4. The second-order valence-electron chi connectivity index (χ2n) is 9.21. The van der Waals surface area contributed by atoms with E-state index in [1.807, 2.05) is 41.0 Å². The molecule has 3 amide bonds. The van der Waals surface area contributed by atoms with Gasteiger partial charge in [-0.25, -0.2) is 0 Å². The van der Waals surface area contributed by atoms with Gasteiger partial charge < -0.3 is 19.9 Å². The van der Waals surface area contributed by atoms with E-state index >= 15 is 0 Å². The lowest BCUT2D eigenvalue weighted by Gasteiger charge is -2.37. The highest BCUT2D eigenvalue weighted by atomic mass is 16.5. The average molecular weight is 464 g/mol. The van der Waals surface area contributed by atoms with Crippen LogP contribution in [0.25, 0.3) is 0 Å². The minimum Gasteiger partial charge on any atom is -0.497 e. The number of amides is 3. The number of hydrogen-bond acceptors (Lipinski definition) is 4. The monoisotopic (exact) mass is 463 g/mol. The van der Waals surface area contributed by atoms with Crippen molar-refractivity contribution >= 4 is 17.7 Å². The Bertz CT molecular complexity index is 1040. The normalized spacial score (nSPS) is 17.4. The minimum atomic E-state index is -0.604. The lowest BCUT2D eigenvalue weighted by atomic mass is 9.88. The number of nitrogens with one attached hydrogen (secondary N) is 1. The Labute approximate surface area is 201 Å². The third kappa shape index (κ3) is 5.41. The first-order valence-electron chi connectivity index (χ1n) is 12.1. The summed E-state index contributed by atoms with van der Waals surface area (Å²) < 4.78 is 5.24. The number of benzene rings is 2. The van der Waals surface area contributed by atoms with Crippen molar-refractivity contribution in [3.8, 4) is 5.75 Å². The van der Waals surface area contributed by atoms with Crippen LogP contribution in [-0.4, -0.2) is 66.9 Å². The highest BCUT2D eigenvalue weighted by Crippen LogP contribution is 2.25. The number of carbonyl (C=O) groups excluding carboxylic acids is 3. The van der Waals surface area contributed by atoms with Crippen molar-refractivity contribution in [1.82, 2.24) is 15.1 Å². The molecule has 4 rings (SSSR count). The molecule has 0 bridgehead atoms. The summed E-state index contributed by atoms with van der Waals surface area (Å²) in [4.78, 5) is 43.2. The van der Waals surface area contributed by atoms with Gasteiger partial charge in [-0.1, -0.05) is 23.8 Å². The van der Waals surface area contributed by atoms with Crippen LogP contribution in [0.2, 0.25) is 0 Å².